The molecule has 2 fully saturated rings. The highest BCUT2D eigenvalue weighted by Gasteiger charge is 2.64. The number of hydrogen-bond donors (Lipinski definition) is 4. The Bertz CT molecular complexity index is 1290. The lowest BCUT2D eigenvalue weighted by Crippen LogP contribution is -2.54. The standard InChI is InChI=1S/C32H40O8/c1-15-6-9-23(34)16(2)11-22-24(35)12-19(14-33)13-32(22)29(38)25(30(39)40-32)28(37)31(5)21(15)8-7-20-26(31)17(3)10-18(4)27(20)36/h6-8,11-12,14,17-18,20-24,26-27,34-37H,9-10,13H2,1-5H3/b15-6+,16-11+,28-25+/t17-,18-,20-,21-,22+,23-,24-,26+,27-,31?,32-/m0/s1. The summed E-state index contributed by atoms with van der Waals surface area (Å²) >= 11 is 0. The average molecular weight is 553 g/mol. The third-order valence-electron chi connectivity index (χ3n) is 10.5. The Morgan fingerprint density at radius 2 is 1.73 bits per heavy atom. The van der Waals surface area contributed by atoms with E-state index in [2.05, 4.69) is 6.92 Å². The van der Waals surface area contributed by atoms with Gasteiger partial charge in [-0.2, -0.15) is 0 Å². The SMILES string of the molecule is C/C1=C\[C@@H]2[C@@H](O)C=C(C=O)C[C@]23OC(=O)/C(=C(/O)C2(C)[C@H]4[C@H](C=C[C@H]2/C(C)=C/C[C@@H]1O)[C@@H](O)[C@@H](C)C[C@@H]4C)C3=O. The maximum absolute atomic E-state index is 14.3. The summed E-state index contributed by atoms with van der Waals surface area (Å²) in [5.74, 6) is -4.22. The van der Waals surface area contributed by atoms with Crippen molar-refractivity contribution in [2.24, 2.45) is 40.9 Å². The van der Waals surface area contributed by atoms with Gasteiger partial charge in [0.25, 0.3) is 0 Å². The van der Waals surface area contributed by atoms with Gasteiger partial charge in [0.2, 0.25) is 5.78 Å². The first kappa shape index (κ1) is 28.7. The Hall–Kier alpha value is -2.81. The molecule has 40 heavy (non-hydrogen) atoms. The van der Waals surface area contributed by atoms with Crippen molar-refractivity contribution in [2.75, 3.05) is 0 Å². The maximum Gasteiger partial charge on any atom is 0.346 e. The molecule has 1 unspecified atom stereocenters. The molecular formula is C32H40O8. The average Bonchev–Trinajstić information content (AvgIpc) is 3.14. The van der Waals surface area contributed by atoms with E-state index in [1.54, 1.807) is 13.0 Å². The van der Waals surface area contributed by atoms with E-state index < -0.39 is 58.5 Å². The van der Waals surface area contributed by atoms with Crippen LogP contribution in [0.4, 0.5) is 0 Å². The number of esters is 1. The van der Waals surface area contributed by atoms with Crippen molar-refractivity contribution in [1.29, 1.82) is 0 Å². The Balaban J connectivity index is 1.79. The van der Waals surface area contributed by atoms with Crippen molar-refractivity contribution in [3.05, 3.63) is 58.4 Å². The van der Waals surface area contributed by atoms with Crippen molar-refractivity contribution in [3.63, 3.8) is 0 Å². The molecule has 0 aromatic heterocycles. The number of ether oxygens (including phenoxy) is 1. The fraction of sp³-hybridized carbons (Fsp3) is 0.594. The Labute approximate surface area is 234 Å². The Kier molecular flexibility index (Phi) is 7.12. The van der Waals surface area contributed by atoms with E-state index >= 15 is 0 Å². The van der Waals surface area contributed by atoms with Crippen molar-refractivity contribution < 1.29 is 39.5 Å². The fourth-order valence-corrected chi connectivity index (χ4v) is 8.42. The Morgan fingerprint density at radius 3 is 2.40 bits per heavy atom. The highest BCUT2D eigenvalue weighted by molar-refractivity contribution is 6.26. The number of allylic oxidation sites excluding steroid dienone is 3. The molecule has 5 rings (SSSR count). The zero-order chi connectivity index (χ0) is 29.3. The predicted molar refractivity (Wildman–Crippen MR) is 147 cm³/mol. The minimum absolute atomic E-state index is 0.0332. The lowest BCUT2D eigenvalue weighted by Gasteiger charge is -2.55. The van der Waals surface area contributed by atoms with Crippen LogP contribution in [0.3, 0.4) is 0 Å². The van der Waals surface area contributed by atoms with Crippen LogP contribution in [0.15, 0.2) is 58.4 Å². The number of Topliss-reactive ketones (excluding diaryl/α,β-unsaturated/α-hetero) is 1. The van der Waals surface area contributed by atoms with Crippen molar-refractivity contribution in [1.82, 2.24) is 0 Å². The van der Waals surface area contributed by atoms with Gasteiger partial charge in [0.15, 0.2) is 5.60 Å². The summed E-state index contributed by atoms with van der Waals surface area (Å²) in [5, 5.41) is 45.4. The quantitative estimate of drug-likeness (QED) is 0.168. The van der Waals surface area contributed by atoms with E-state index in [1.807, 2.05) is 39.0 Å². The summed E-state index contributed by atoms with van der Waals surface area (Å²) < 4.78 is 5.81. The molecule has 5 aliphatic rings. The molecule has 1 saturated carbocycles. The third-order valence-corrected chi connectivity index (χ3v) is 10.5. The van der Waals surface area contributed by atoms with E-state index in [-0.39, 0.29) is 47.8 Å². The number of fused-ring (bicyclic) bond motifs is 4. The zero-order valence-corrected chi connectivity index (χ0v) is 23.7. The number of carbonyl (C=O) groups is 3. The van der Waals surface area contributed by atoms with Crippen LogP contribution in [0, 0.1) is 40.9 Å². The van der Waals surface area contributed by atoms with E-state index in [0.717, 1.165) is 5.57 Å². The first-order chi connectivity index (χ1) is 18.8. The second-order valence-electron chi connectivity index (χ2n) is 12.9. The van der Waals surface area contributed by atoms with Gasteiger partial charge < -0.3 is 25.2 Å². The summed E-state index contributed by atoms with van der Waals surface area (Å²) in [6.07, 6.45) is 7.02. The molecule has 2 bridgehead atoms. The maximum atomic E-state index is 14.3. The lowest BCUT2D eigenvalue weighted by atomic mass is 9.49. The highest BCUT2D eigenvalue weighted by atomic mass is 16.6. The summed E-state index contributed by atoms with van der Waals surface area (Å²) in [6, 6.07) is 0. The van der Waals surface area contributed by atoms with Crippen LogP contribution in [0.2, 0.25) is 0 Å². The van der Waals surface area contributed by atoms with Crippen LogP contribution in [0.1, 0.15) is 53.9 Å². The summed E-state index contributed by atoms with van der Waals surface area (Å²) in [7, 11) is 0. The van der Waals surface area contributed by atoms with Crippen LogP contribution < -0.4 is 0 Å². The number of aliphatic hydroxyl groups excluding tert-OH is 4. The summed E-state index contributed by atoms with van der Waals surface area (Å²) in [5.41, 5.74) is -2.12. The number of aliphatic hydroxyl groups is 4. The van der Waals surface area contributed by atoms with E-state index in [1.165, 1.54) is 6.08 Å². The third kappa shape index (κ3) is 4.02. The summed E-state index contributed by atoms with van der Waals surface area (Å²) in [6.45, 7) is 9.50. The molecule has 0 aromatic carbocycles. The smallest absolute Gasteiger partial charge is 0.346 e. The van der Waals surface area contributed by atoms with E-state index in [9.17, 15) is 34.8 Å². The molecule has 1 saturated heterocycles. The van der Waals surface area contributed by atoms with Crippen molar-refractivity contribution in [2.45, 2.75) is 77.8 Å². The highest BCUT2D eigenvalue weighted by Crippen LogP contribution is 2.60. The molecule has 8 nitrogen and oxygen atoms in total. The van der Waals surface area contributed by atoms with Crippen molar-refractivity contribution in [3.8, 4) is 0 Å². The van der Waals surface area contributed by atoms with Gasteiger partial charge in [-0.25, -0.2) is 4.79 Å². The first-order valence-electron chi connectivity index (χ1n) is 14.2. The number of hydrogen-bond acceptors (Lipinski definition) is 8. The van der Waals surface area contributed by atoms with Crippen molar-refractivity contribution >= 4 is 18.0 Å². The normalized spacial score (nSPS) is 49.8. The molecule has 1 spiro atoms. The van der Waals surface area contributed by atoms with E-state index in [4.69, 9.17) is 4.74 Å². The fourth-order valence-electron chi connectivity index (χ4n) is 8.42. The molecule has 0 radical (unpaired) electrons. The zero-order valence-electron chi connectivity index (χ0n) is 23.7. The van der Waals surface area contributed by atoms with Gasteiger partial charge >= 0.3 is 5.97 Å². The summed E-state index contributed by atoms with van der Waals surface area (Å²) in [4.78, 5) is 39.7. The van der Waals surface area contributed by atoms with Crippen LogP contribution in [0.25, 0.3) is 0 Å². The van der Waals surface area contributed by atoms with Gasteiger partial charge in [0, 0.05) is 23.7 Å². The molecule has 1 aliphatic heterocycles. The molecule has 4 aliphatic carbocycles. The van der Waals surface area contributed by atoms with Crippen LogP contribution in [0.5, 0.6) is 0 Å². The molecule has 8 heteroatoms. The first-order valence-corrected chi connectivity index (χ1v) is 14.2. The monoisotopic (exact) mass is 552 g/mol. The molecule has 4 N–H and O–H groups in total. The van der Waals surface area contributed by atoms with Gasteiger partial charge in [-0.15, -0.1) is 0 Å². The largest absolute Gasteiger partial charge is 0.511 e. The van der Waals surface area contributed by atoms with E-state index in [0.29, 0.717) is 18.3 Å². The second-order valence-corrected chi connectivity index (χ2v) is 12.9. The van der Waals surface area contributed by atoms with Crippen LogP contribution >= 0.6 is 0 Å². The van der Waals surface area contributed by atoms with Gasteiger partial charge in [0.05, 0.1) is 24.2 Å². The lowest BCUT2D eigenvalue weighted by molar-refractivity contribution is -0.159. The minimum atomic E-state index is -1.94. The molecular weight excluding hydrogens is 512 g/mol. The van der Waals surface area contributed by atoms with Gasteiger partial charge in [-0.3, -0.25) is 9.59 Å². The molecule has 1 heterocycles. The van der Waals surface area contributed by atoms with Crippen LogP contribution in [-0.4, -0.2) is 62.4 Å². The Morgan fingerprint density at radius 1 is 1.02 bits per heavy atom. The second kappa shape index (κ2) is 9.93. The molecule has 11 atom stereocenters. The predicted octanol–water partition coefficient (Wildman–Crippen LogP) is 3.29. The number of carbonyl (C=O) groups excluding carboxylic acids is 3. The number of aldehydes is 1. The van der Waals surface area contributed by atoms with Gasteiger partial charge in [-0.1, -0.05) is 50.6 Å². The van der Waals surface area contributed by atoms with Gasteiger partial charge in [0.1, 0.15) is 17.6 Å². The minimum Gasteiger partial charge on any atom is -0.511 e. The molecule has 216 valence electrons. The number of ketones is 1. The topological polar surface area (TPSA) is 141 Å². The van der Waals surface area contributed by atoms with Gasteiger partial charge in [-0.05, 0) is 61.7 Å². The molecule has 0 amide bonds. The van der Waals surface area contributed by atoms with Crippen LogP contribution in [-0.2, 0) is 19.1 Å². The number of rotatable bonds is 1. The molecule has 0 aromatic rings.